The Morgan fingerprint density at radius 1 is 0.833 bits per heavy atom. The number of aliphatic carboxylic acids is 1. The number of rotatable bonds is 15. The van der Waals surface area contributed by atoms with Crippen LogP contribution in [-0.4, -0.2) is 11.1 Å². The second kappa shape index (κ2) is 14.5. The Bertz CT molecular complexity index is 344. The summed E-state index contributed by atoms with van der Waals surface area (Å²) in [5.74, 6) is 1.85. The lowest BCUT2D eigenvalue weighted by atomic mass is 9.91. The van der Waals surface area contributed by atoms with E-state index in [0.717, 1.165) is 24.2 Å². The summed E-state index contributed by atoms with van der Waals surface area (Å²) in [6, 6.07) is 0. The van der Waals surface area contributed by atoms with E-state index < -0.39 is 5.97 Å². The van der Waals surface area contributed by atoms with Gasteiger partial charge in [-0.05, 0) is 43.9 Å². The van der Waals surface area contributed by atoms with Gasteiger partial charge in [0.15, 0.2) is 0 Å². The number of carboxylic acid groups (broad SMARTS) is 1. The van der Waals surface area contributed by atoms with E-state index in [9.17, 15) is 4.79 Å². The molecule has 0 unspecified atom stereocenters. The molecule has 0 aromatic heterocycles. The van der Waals surface area contributed by atoms with Crippen LogP contribution in [0.2, 0.25) is 0 Å². The second-order valence-electron chi connectivity index (χ2n) is 8.34. The third kappa shape index (κ3) is 16.1. The van der Waals surface area contributed by atoms with Gasteiger partial charge >= 0.3 is 5.97 Å². The van der Waals surface area contributed by atoms with Gasteiger partial charge in [-0.2, -0.15) is 0 Å². The largest absolute Gasteiger partial charge is 0.481 e. The van der Waals surface area contributed by atoms with Gasteiger partial charge in [-0.15, -0.1) is 0 Å². The first-order chi connectivity index (χ1) is 11.3. The fourth-order valence-electron chi connectivity index (χ4n) is 3.25. The van der Waals surface area contributed by atoms with Crippen molar-refractivity contribution >= 4 is 5.97 Å². The van der Waals surface area contributed by atoms with Crippen LogP contribution in [0.3, 0.4) is 0 Å². The van der Waals surface area contributed by atoms with Crippen LogP contribution in [0, 0.1) is 17.8 Å². The van der Waals surface area contributed by atoms with Gasteiger partial charge in [0.2, 0.25) is 0 Å². The Hall–Kier alpha value is -0.790. The van der Waals surface area contributed by atoms with Crippen molar-refractivity contribution < 1.29 is 9.90 Å². The van der Waals surface area contributed by atoms with E-state index in [2.05, 4.69) is 40.7 Å². The van der Waals surface area contributed by atoms with Crippen LogP contribution in [0.25, 0.3) is 0 Å². The van der Waals surface area contributed by atoms with E-state index in [0.29, 0.717) is 6.42 Å². The summed E-state index contributed by atoms with van der Waals surface area (Å²) in [7, 11) is 0. The number of allylic oxidation sites excluding steroid dienone is 2. The predicted octanol–water partition coefficient (Wildman–Crippen LogP) is 7.24. The first kappa shape index (κ1) is 23.2. The van der Waals surface area contributed by atoms with E-state index in [4.69, 9.17) is 5.11 Å². The third-order valence-corrected chi connectivity index (χ3v) is 4.99. The zero-order valence-corrected chi connectivity index (χ0v) is 16.9. The van der Waals surface area contributed by atoms with E-state index in [1.165, 1.54) is 56.9 Å². The number of hydrogen-bond acceptors (Lipinski definition) is 1. The molecule has 142 valence electrons. The SMILES string of the molecule is C/C(=C\CCC(=O)O)CCC[C@H](C)CCC[C@H](C)CCCC(C)C. The molecule has 0 bridgehead atoms. The van der Waals surface area contributed by atoms with Gasteiger partial charge in [-0.1, -0.05) is 84.3 Å². The van der Waals surface area contributed by atoms with Crippen molar-refractivity contribution in [3.8, 4) is 0 Å². The lowest BCUT2D eigenvalue weighted by Gasteiger charge is -2.15. The Kier molecular flexibility index (Phi) is 14.1. The first-order valence-electron chi connectivity index (χ1n) is 10.2. The molecule has 0 aromatic rings. The Morgan fingerprint density at radius 3 is 1.83 bits per heavy atom. The minimum absolute atomic E-state index is 0.253. The van der Waals surface area contributed by atoms with Crippen LogP contribution >= 0.6 is 0 Å². The molecule has 0 saturated heterocycles. The lowest BCUT2D eigenvalue weighted by molar-refractivity contribution is -0.136. The standard InChI is InChI=1S/C22H42O2/c1-18(2)10-6-11-19(3)12-7-13-20(4)14-8-15-21(5)16-9-17-22(23)24/h16,18-20H,6-15,17H2,1-5H3,(H,23,24)/b21-16+/t19-,20-/m1/s1. The van der Waals surface area contributed by atoms with Crippen LogP contribution in [-0.2, 0) is 4.79 Å². The van der Waals surface area contributed by atoms with Crippen LogP contribution in [0.5, 0.6) is 0 Å². The average molecular weight is 339 g/mol. The van der Waals surface area contributed by atoms with Gasteiger partial charge < -0.3 is 5.11 Å². The minimum Gasteiger partial charge on any atom is -0.481 e. The molecule has 0 radical (unpaired) electrons. The molecule has 0 amide bonds. The molecule has 1 N–H and O–H groups in total. The molecule has 0 rings (SSSR count). The van der Waals surface area contributed by atoms with Crippen molar-refractivity contribution in [2.75, 3.05) is 0 Å². The van der Waals surface area contributed by atoms with Crippen LogP contribution in [0.4, 0.5) is 0 Å². The van der Waals surface area contributed by atoms with Crippen LogP contribution < -0.4 is 0 Å². The van der Waals surface area contributed by atoms with Crippen molar-refractivity contribution in [1.29, 1.82) is 0 Å². The van der Waals surface area contributed by atoms with Gasteiger partial charge in [0.1, 0.15) is 0 Å². The average Bonchev–Trinajstić information content (AvgIpc) is 2.46. The van der Waals surface area contributed by atoms with Crippen molar-refractivity contribution in [3.05, 3.63) is 11.6 Å². The van der Waals surface area contributed by atoms with Crippen LogP contribution in [0.1, 0.15) is 105 Å². The summed E-state index contributed by atoms with van der Waals surface area (Å²) >= 11 is 0. The molecule has 2 heteroatoms. The molecule has 0 heterocycles. The van der Waals surface area contributed by atoms with Crippen molar-refractivity contribution in [1.82, 2.24) is 0 Å². The first-order valence-corrected chi connectivity index (χ1v) is 10.2. The summed E-state index contributed by atoms with van der Waals surface area (Å²) in [5.41, 5.74) is 1.35. The van der Waals surface area contributed by atoms with E-state index in [1.807, 2.05) is 0 Å². The summed E-state index contributed by atoms with van der Waals surface area (Å²) in [5, 5.41) is 8.64. The topological polar surface area (TPSA) is 37.3 Å². The number of hydrogen-bond donors (Lipinski definition) is 1. The highest BCUT2D eigenvalue weighted by atomic mass is 16.4. The van der Waals surface area contributed by atoms with Crippen LogP contribution in [0.15, 0.2) is 11.6 Å². The quantitative estimate of drug-likeness (QED) is 0.320. The molecule has 0 saturated carbocycles. The van der Waals surface area contributed by atoms with Crippen molar-refractivity contribution in [2.45, 2.75) is 105 Å². The molecule has 0 aliphatic carbocycles. The molecule has 24 heavy (non-hydrogen) atoms. The summed E-state index contributed by atoms with van der Waals surface area (Å²) in [6.07, 6.45) is 15.0. The zero-order chi connectivity index (χ0) is 18.4. The van der Waals surface area contributed by atoms with E-state index >= 15 is 0 Å². The summed E-state index contributed by atoms with van der Waals surface area (Å²) in [6.45, 7) is 11.6. The maximum atomic E-state index is 10.5. The monoisotopic (exact) mass is 338 g/mol. The molecule has 0 aliphatic rings. The maximum Gasteiger partial charge on any atom is 0.303 e. The van der Waals surface area contributed by atoms with Gasteiger partial charge in [0.05, 0.1) is 0 Å². The molecule has 2 nitrogen and oxygen atoms in total. The Balaban J connectivity index is 3.61. The summed E-state index contributed by atoms with van der Waals surface area (Å²) < 4.78 is 0. The smallest absolute Gasteiger partial charge is 0.303 e. The third-order valence-electron chi connectivity index (χ3n) is 4.99. The lowest BCUT2D eigenvalue weighted by Crippen LogP contribution is -2.00. The number of carbonyl (C=O) groups is 1. The molecular formula is C22H42O2. The predicted molar refractivity (Wildman–Crippen MR) is 105 cm³/mol. The highest BCUT2D eigenvalue weighted by molar-refractivity contribution is 5.66. The summed E-state index contributed by atoms with van der Waals surface area (Å²) in [4.78, 5) is 10.5. The van der Waals surface area contributed by atoms with Gasteiger partial charge in [0, 0.05) is 6.42 Å². The Morgan fingerprint density at radius 2 is 1.33 bits per heavy atom. The second-order valence-corrected chi connectivity index (χ2v) is 8.34. The number of carboxylic acids is 1. The maximum absolute atomic E-state index is 10.5. The molecule has 0 aromatic carbocycles. The fraction of sp³-hybridized carbons (Fsp3) is 0.864. The normalized spacial score (nSPS) is 14.8. The highest BCUT2D eigenvalue weighted by Crippen LogP contribution is 2.22. The van der Waals surface area contributed by atoms with E-state index in [-0.39, 0.29) is 6.42 Å². The molecule has 0 fully saturated rings. The molecular weight excluding hydrogens is 296 g/mol. The van der Waals surface area contributed by atoms with E-state index in [1.54, 1.807) is 0 Å². The van der Waals surface area contributed by atoms with Crippen molar-refractivity contribution in [2.24, 2.45) is 17.8 Å². The minimum atomic E-state index is -0.703. The van der Waals surface area contributed by atoms with Gasteiger partial charge in [0.25, 0.3) is 0 Å². The van der Waals surface area contributed by atoms with Crippen molar-refractivity contribution in [3.63, 3.8) is 0 Å². The fourth-order valence-corrected chi connectivity index (χ4v) is 3.25. The molecule has 0 spiro atoms. The molecule has 2 atom stereocenters. The Labute approximate surface area is 151 Å². The zero-order valence-electron chi connectivity index (χ0n) is 16.9. The van der Waals surface area contributed by atoms with Gasteiger partial charge in [-0.25, -0.2) is 0 Å². The van der Waals surface area contributed by atoms with Gasteiger partial charge in [-0.3, -0.25) is 4.79 Å². The highest BCUT2D eigenvalue weighted by Gasteiger charge is 2.06. The molecule has 0 aliphatic heterocycles.